The third-order valence-electron chi connectivity index (χ3n) is 5.33. The Morgan fingerprint density at radius 1 is 1.16 bits per heavy atom. The van der Waals surface area contributed by atoms with Crippen LogP contribution in [0.5, 0.6) is 0 Å². The monoisotopic (exact) mass is 448 g/mol. The van der Waals surface area contributed by atoms with Crippen molar-refractivity contribution in [3.8, 4) is 0 Å². The molecule has 5 aromatic rings. The van der Waals surface area contributed by atoms with Crippen molar-refractivity contribution in [2.24, 2.45) is 0 Å². The molecule has 0 fully saturated rings. The zero-order chi connectivity index (χ0) is 21.4. The van der Waals surface area contributed by atoms with Gasteiger partial charge in [-0.05, 0) is 23.3 Å². The van der Waals surface area contributed by atoms with Crippen molar-refractivity contribution in [3.63, 3.8) is 0 Å². The van der Waals surface area contributed by atoms with Crippen LogP contribution in [0.4, 0.5) is 0 Å². The number of rotatable bonds is 5. The number of nitrogens with one attached hydrogen (secondary N) is 2. The number of benzene rings is 2. The lowest BCUT2D eigenvalue weighted by molar-refractivity contribution is 0.0950. The van der Waals surface area contributed by atoms with Gasteiger partial charge in [-0.15, -0.1) is 11.3 Å². The van der Waals surface area contributed by atoms with Gasteiger partial charge in [0.2, 0.25) is 0 Å². The molecule has 0 saturated carbocycles. The van der Waals surface area contributed by atoms with E-state index in [2.05, 4.69) is 15.3 Å². The highest BCUT2D eigenvalue weighted by Gasteiger charge is 2.22. The Bertz CT molecular complexity index is 1470. The number of fused-ring (bicyclic) bond motifs is 2. The summed E-state index contributed by atoms with van der Waals surface area (Å²) in [5.74, 6) is -0.663. The van der Waals surface area contributed by atoms with Crippen molar-refractivity contribution in [1.29, 1.82) is 0 Å². The Hall–Kier alpha value is -3.42. The molecule has 0 aliphatic heterocycles. The summed E-state index contributed by atoms with van der Waals surface area (Å²) in [4.78, 5) is 33.6. The predicted molar refractivity (Wildman–Crippen MR) is 123 cm³/mol. The summed E-state index contributed by atoms with van der Waals surface area (Å²) in [7, 11) is 0. The fourth-order valence-electron chi connectivity index (χ4n) is 3.80. The molecule has 1 atom stereocenters. The van der Waals surface area contributed by atoms with Gasteiger partial charge >= 0.3 is 0 Å². The second-order valence-corrected chi connectivity index (χ2v) is 8.39. The van der Waals surface area contributed by atoms with Gasteiger partial charge in [-0.2, -0.15) is 0 Å². The molecule has 154 valence electrons. The van der Waals surface area contributed by atoms with Gasteiger partial charge in [-0.1, -0.05) is 48.0 Å². The Morgan fingerprint density at radius 2 is 1.97 bits per heavy atom. The van der Waals surface area contributed by atoms with Crippen LogP contribution < -0.4 is 10.9 Å². The van der Waals surface area contributed by atoms with Gasteiger partial charge in [-0.25, -0.2) is 4.98 Å². The number of H-pyrrole nitrogens is 1. The second-order valence-electron chi connectivity index (χ2n) is 7.11. The maximum absolute atomic E-state index is 12.9. The van der Waals surface area contributed by atoms with E-state index in [1.54, 1.807) is 11.6 Å². The van der Waals surface area contributed by atoms with Crippen LogP contribution in [-0.2, 0) is 0 Å². The molecule has 0 bridgehead atoms. The fraction of sp³-hybridized carbons (Fsp3) is 0.0870. The predicted octanol–water partition coefficient (Wildman–Crippen LogP) is 4.45. The summed E-state index contributed by atoms with van der Waals surface area (Å²) in [6, 6.07) is 15.6. The minimum absolute atomic E-state index is 0.00716. The number of halogens is 1. The number of para-hydroxylation sites is 1. The number of nitrogens with zero attached hydrogens (tertiary/aromatic N) is 2. The number of amides is 1. The molecule has 0 aliphatic carbocycles. The van der Waals surface area contributed by atoms with Crippen LogP contribution >= 0.6 is 22.9 Å². The summed E-state index contributed by atoms with van der Waals surface area (Å²) in [5, 5.41) is 6.35. The highest BCUT2D eigenvalue weighted by atomic mass is 35.5. The van der Waals surface area contributed by atoms with E-state index in [4.69, 9.17) is 11.6 Å². The molecule has 3 heterocycles. The molecule has 0 saturated heterocycles. The Kier molecular flexibility index (Phi) is 5.05. The van der Waals surface area contributed by atoms with Gasteiger partial charge in [0.25, 0.3) is 11.5 Å². The van der Waals surface area contributed by atoms with Crippen molar-refractivity contribution in [2.45, 2.75) is 5.92 Å². The molecule has 0 spiro atoms. The fourth-order valence-corrected chi connectivity index (χ4v) is 4.74. The molecular weight excluding hydrogens is 432 g/mol. The molecule has 3 aromatic heterocycles. The van der Waals surface area contributed by atoms with E-state index in [0.717, 1.165) is 22.0 Å². The lowest BCUT2D eigenvalue weighted by Gasteiger charge is -2.19. The van der Waals surface area contributed by atoms with Gasteiger partial charge in [0.15, 0.2) is 4.96 Å². The average molecular weight is 449 g/mol. The quantitative estimate of drug-likeness (QED) is 0.417. The van der Waals surface area contributed by atoms with E-state index in [1.807, 2.05) is 54.7 Å². The molecule has 2 N–H and O–H groups in total. The Balaban J connectivity index is 1.50. The number of hydrogen-bond acceptors (Lipinski definition) is 4. The maximum atomic E-state index is 12.9. The number of hydrogen-bond donors (Lipinski definition) is 2. The van der Waals surface area contributed by atoms with Crippen LogP contribution in [0.25, 0.3) is 15.9 Å². The minimum atomic E-state index is -0.463. The lowest BCUT2D eigenvalue weighted by atomic mass is 9.90. The molecular formula is C23H17ClN4O2S. The molecule has 8 heteroatoms. The highest BCUT2D eigenvalue weighted by Crippen LogP contribution is 2.34. The van der Waals surface area contributed by atoms with Crippen molar-refractivity contribution < 1.29 is 4.79 Å². The van der Waals surface area contributed by atoms with E-state index in [9.17, 15) is 9.59 Å². The van der Waals surface area contributed by atoms with Crippen LogP contribution in [-0.4, -0.2) is 26.8 Å². The van der Waals surface area contributed by atoms with Crippen LogP contribution in [0.1, 0.15) is 27.4 Å². The number of carbonyl (C=O) groups is 1. The zero-order valence-corrected chi connectivity index (χ0v) is 17.8. The van der Waals surface area contributed by atoms with Gasteiger partial charge in [0, 0.05) is 52.4 Å². The normalized spacial score (nSPS) is 12.3. The highest BCUT2D eigenvalue weighted by molar-refractivity contribution is 7.15. The van der Waals surface area contributed by atoms with Crippen LogP contribution in [0, 0.1) is 0 Å². The van der Waals surface area contributed by atoms with Crippen LogP contribution in [0.2, 0.25) is 5.02 Å². The smallest absolute Gasteiger partial charge is 0.271 e. The van der Waals surface area contributed by atoms with E-state index in [1.165, 1.54) is 21.9 Å². The van der Waals surface area contributed by atoms with E-state index in [-0.39, 0.29) is 23.6 Å². The van der Waals surface area contributed by atoms with Crippen molar-refractivity contribution >= 4 is 44.7 Å². The zero-order valence-electron chi connectivity index (χ0n) is 16.2. The first-order valence-electron chi connectivity index (χ1n) is 9.67. The molecule has 5 rings (SSSR count). The summed E-state index contributed by atoms with van der Waals surface area (Å²) in [6.07, 6.45) is 4.89. The first-order chi connectivity index (χ1) is 15.1. The SMILES string of the molecule is O=C(NCC(c1ccccc1Cl)c1c[nH]c2ccccc12)c1cnc2sccn2c1=O. The molecule has 1 amide bonds. The summed E-state index contributed by atoms with van der Waals surface area (Å²) in [5.41, 5.74) is 2.55. The van der Waals surface area contributed by atoms with E-state index in [0.29, 0.717) is 9.98 Å². The first kappa shape index (κ1) is 19.5. The molecule has 1 unspecified atom stereocenters. The maximum Gasteiger partial charge on any atom is 0.271 e. The number of aromatic amines is 1. The lowest BCUT2D eigenvalue weighted by Crippen LogP contribution is -2.34. The second kappa shape index (κ2) is 8.02. The van der Waals surface area contributed by atoms with Crippen molar-refractivity contribution in [3.05, 3.63) is 105 Å². The number of aromatic nitrogens is 3. The molecule has 6 nitrogen and oxygen atoms in total. The Labute approximate surface area is 186 Å². The molecule has 31 heavy (non-hydrogen) atoms. The summed E-state index contributed by atoms with van der Waals surface area (Å²) < 4.78 is 1.38. The van der Waals surface area contributed by atoms with Crippen molar-refractivity contribution in [1.82, 2.24) is 19.7 Å². The first-order valence-corrected chi connectivity index (χ1v) is 10.9. The van der Waals surface area contributed by atoms with Crippen molar-refractivity contribution in [2.75, 3.05) is 6.54 Å². The minimum Gasteiger partial charge on any atom is -0.361 e. The van der Waals surface area contributed by atoms with E-state index >= 15 is 0 Å². The molecule has 0 aliphatic rings. The van der Waals surface area contributed by atoms with Gasteiger partial charge in [0.1, 0.15) is 5.56 Å². The van der Waals surface area contributed by atoms with Gasteiger partial charge in [-0.3, -0.25) is 14.0 Å². The summed E-state index contributed by atoms with van der Waals surface area (Å²) in [6.45, 7) is 0.274. The Morgan fingerprint density at radius 3 is 2.84 bits per heavy atom. The molecule has 2 aromatic carbocycles. The largest absolute Gasteiger partial charge is 0.361 e. The van der Waals surface area contributed by atoms with Crippen LogP contribution in [0.3, 0.4) is 0 Å². The third-order valence-corrected chi connectivity index (χ3v) is 6.45. The average Bonchev–Trinajstić information content (AvgIpc) is 3.43. The van der Waals surface area contributed by atoms with E-state index < -0.39 is 5.91 Å². The number of carbonyl (C=O) groups excluding carboxylic acids is 1. The molecule has 0 radical (unpaired) electrons. The van der Waals surface area contributed by atoms with Gasteiger partial charge < -0.3 is 10.3 Å². The standard InChI is InChI=1S/C23H17ClN4O2S/c24-19-7-3-1-5-14(19)16(17-11-25-20-8-4-2-6-15(17)20)12-26-21(29)18-13-27-23-28(22(18)30)9-10-31-23/h1-11,13,16,25H,12H2,(H,26,29). The third kappa shape index (κ3) is 3.52. The van der Waals surface area contributed by atoms with Crippen LogP contribution in [0.15, 0.2) is 77.3 Å². The topological polar surface area (TPSA) is 79.3 Å². The van der Waals surface area contributed by atoms with Gasteiger partial charge in [0.05, 0.1) is 0 Å². The summed E-state index contributed by atoms with van der Waals surface area (Å²) >= 11 is 7.85. The number of thiazole rings is 1.